The third-order valence-electron chi connectivity index (χ3n) is 3.66. The molecule has 3 rings (SSSR count). The van der Waals surface area contributed by atoms with Gasteiger partial charge in [-0.3, -0.25) is 4.79 Å². The molecule has 0 aliphatic carbocycles. The minimum Gasteiger partial charge on any atom is -0.293 e. The highest BCUT2D eigenvalue weighted by molar-refractivity contribution is 5.97. The van der Waals surface area contributed by atoms with Crippen molar-refractivity contribution in [2.24, 2.45) is 0 Å². The Kier molecular flexibility index (Phi) is 3.78. The van der Waals surface area contributed by atoms with Gasteiger partial charge in [0.2, 0.25) is 0 Å². The molecule has 0 N–H and O–H groups in total. The van der Waals surface area contributed by atoms with Crippen LogP contribution in [0.2, 0.25) is 0 Å². The lowest BCUT2D eigenvalue weighted by Crippen LogP contribution is -2.01. The van der Waals surface area contributed by atoms with Gasteiger partial charge in [0.25, 0.3) is 0 Å². The van der Waals surface area contributed by atoms with E-state index in [0.29, 0.717) is 11.3 Å². The van der Waals surface area contributed by atoms with E-state index >= 15 is 0 Å². The van der Waals surface area contributed by atoms with E-state index in [4.69, 9.17) is 0 Å². The summed E-state index contributed by atoms with van der Waals surface area (Å²) < 4.78 is 1.67. The Bertz CT molecular complexity index is 900. The highest BCUT2D eigenvalue weighted by Gasteiger charge is 2.22. The van der Waals surface area contributed by atoms with Crippen molar-refractivity contribution in [3.05, 3.63) is 71.4 Å². The summed E-state index contributed by atoms with van der Waals surface area (Å²) in [5, 5.41) is 14.0. The number of hydrogen-bond donors (Lipinski definition) is 0. The lowest BCUT2D eigenvalue weighted by atomic mass is 10.0. The maximum atomic E-state index is 11.9. The molecule has 4 nitrogen and oxygen atoms in total. The van der Waals surface area contributed by atoms with Gasteiger partial charge in [-0.25, -0.2) is 4.68 Å². The van der Waals surface area contributed by atoms with Gasteiger partial charge in [0, 0.05) is 12.5 Å². The predicted octanol–water partition coefficient (Wildman–Crippen LogP) is 3.92. The first-order valence-corrected chi connectivity index (χ1v) is 7.28. The number of benzene rings is 2. The van der Waals surface area contributed by atoms with Crippen LogP contribution in [0.4, 0.5) is 0 Å². The van der Waals surface area contributed by atoms with E-state index in [1.165, 1.54) is 6.92 Å². The smallest absolute Gasteiger partial charge is 0.181 e. The van der Waals surface area contributed by atoms with Crippen molar-refractivity contribution < 1.29 is 4.79 Å². The standard InChI is InChI=1S/C19H15N3O/c1-13-8-10-16(11-9-13)22-19(15-6-4-3-5-7-15)17(12-20)18(21-22)14(2)23/h3-11H,1-2H3. The molecule has 0 atom stereocenters. The molecular formula is C19H15N3O. The summed E-state index contributed by atoms with van der Waals surface area (Å²) in [5.74, 6) is -0.218. The second kappa shape index (κ2) is 5.90. The molecule has 1 aromatic heterocycles. The van der Waals surface area contributed by atoms with E-state index in [2.05, 4.69) is 11.2 Å². The van der Waals surface area contributed by atoms with Crippen LogP contribution in [0.3, 0.4) is 0 Å². The minimum absolute atomic E-state index is 0.201. The molecular weight excluding hydrogens is 286 g/mol. The van der Waals surface area contributed by atoms with E-state index in [1.807, 2.05) is 61.5 Å². The Morgan fingerprint density at radius 1 is 1.09 bits per heavy atom. The van der Waals surface area contributed by atoms with Gasteiger partial charge in [-0.05, 0) is 19.1 Å². The Morgan fingerprint density at radius 3 is 2.30 bits per heavy atom. The number of carbonyl (C=O) groups excluding carboxylic acids is 1. The van der Waals surface area contributed by atoms with E-state index in [0.717, 1.165) is 16.8 Å². The third kappa shape index (κ3) is 2.65. The van der Waals surface area contributed by atoms with Gasteiger partial charge < -0.3 is 0 Å². The fourth-order valence-corrected chi connectivity index (χ4v) is 2.51. The van der Waals surface area contributed by atoms with Crippen molar-refractivity contribution in [3.8, 4) is 23.0 Å². The highest BCUT2D eigenvalue weighted by Crippen LogP contribution is 2.29. The maximum Gasteiger partial charge on any atom is 0.181 e. The summed E-state index contributed by atoms with van der Waals surface area (Å²) in [4.78, 5) is 11.9. The van der Waals surface area contributed by atoms with Crippen LogP contribution in [-0.4, -0.2) is 15.6 Å². The molecule has 2 aromatic carbocycles. The predicted molar refractivity (Wildman–Crippen MR) is 88.5 cm³/mol. The number of aryl methyl sites for hydroxylation is 1. The topological polar surface area (TPSA) is 58.7 Å². The van der Waals surface area contributed by atoms with Crippen molar-refractivity contribution in [1.29, 1.82) is 5.26 Å². The van der Waals surface area contributed by atoms with Crippen LogP contribution in [0.15, 0.2) is 54.6 Å². The summed E-state index contributed by atoms with van der Waals surface area (Å²) >= 11 is 0. The Hall–Kier alpha value is -3.19. The lowest BCUT2D eigenvalue weighted by Gasteiger charge is -2.08. The van der Waals surface area contributed by atoms with Crippen LogP contribution < -0.4 is 0 Å². The van der Waals surface area contributed by atoms with E-state index < -0.39 is 0 Å². The van der Waals surface area contributed by atoms with Gasteiger partial charge >= 0.3 is 0 Å². The van der Waals surface area contributed by atoms with Crippen LogP contribution in [0, 0.1) is 18.3 Å². The average molecular weight is 301 g/mol. The first-order valence-electron chi connectivity index (χ1n) is 7.28. The van der Waals surface area contributed by atoms with E-state index in [-0.39, 0.29) is 11.5 Å². The molecule has 0 fully saturated rings. The minimum atomic E-state index is -0.218. The summed E-state index contributed by atoms with van der Waals surface area (Å²) in [5.41, 5.74) is 3.95. The van der Waals surface area contributed by atoms with E-state index in [9.17, 15) is 10.1 Å². The van der Waals surface area contributed by atoms with Crippen LogP contribution in [0.5, 0.6) is 0 Å². The normalized spacial score (nSPS) is 10.3. The molecule has 1 heterocycles. The Labute approximate surface area is 134 Å². The zero-order valence-corrected chi connectivity index (χ0v) is 12.9. The summed E-state index contributed by atoms with van der Waals surface area (Å²) in [6.45, 7) is 3.43. The molecule has 0 aliphatic rings. The van der Waals surface area contributed by atoms with E-state index in [1.54, 1.807) is 4.68 Å². The van der Waals surface area contributed by atoms with Gasteiger partial charge in [-0.1, -0.05) is 48.0 Å². The first kappa shape index (κ1) is 14.7. The molecule has 0 bridgehead atoms. The Morgan fingerprint density at radius 2 is 1.74 bits per heavy atom. The van der Waals surface area contributed by atoms with Gasteiger partial charge in [0.15, 0.2) is 5.78 Å². The highest BCUT2D eigenvalue weighted by atomic mass is 16.1. The fourth-order valence-electron chi connectivity index (χ4n) is 2.51. The average Bonchev–Trinajstić information content (AvgIpc) is 2.96. The molecule has 0 saturated carbocycles. The number of ketones is 1. The van der Waals surface area contributed by atoms with Gasteiger partial charge in [-0.2, -0.15) is 10.4 Å². The number of nitrogens with zero attached hydrogens (tertiary/aromatic N) is 3. The van der Waals surface area contributed by atoms with Crippen LogP contribution >= 0.6 is 0 Å². The second-order valence-electron chi connectivity index (χ2n) is 5.35. The maximum absolute atomic E-state index is 11.9. The van der Waals surface area contributed by atoms with Crippen molar-refractivity contribution in [2.45, 2.75) is 13.8 Å². The number of carbonyl (C=O) groups is 1. The van der Waals surface area contributed by atoms with Crippen molar-refractivity contribution in [3.63, 3.8) is 0 Å². The fraction of sp³-hybridized carbons (Fsp3) is 0.105. The third-order valence-corrected chi connectivity index (χ3v) is 3.66. The quantitative estimate of drug-likeness (QED) is 0.689. The molecule has 4 heteroatoms. The number of rotatable bonds is 3. The first-order chi connectivity index (χ1) is 11.1. The monoisotopic (exact) mass is 301 g/mol. The summed E-state index contributed by atoms with van der Waals surface area (Å²) in [6, 6.07) is 19.5. The Balaban J connectivity index is 2.33. The molecule has 3 aromatic rings. The van der Waals surface area contributed by atoms with Crippen LogP contribution in [0.1, 0.15) is 28.5 Å². The molecule has 23 heavy (non-hydrogen) atoms. The van der Waals surface area contributed by atoms with Crippen molar-refractivity contribution in [2.75, 3.05) is 0 Å². The largest absolute Gasteiger partial charge is 0.293 e. The molecule has 0 aliphatic heterocycles. The molecule has 0 amide bonds. The van der Waals surface area contributed by atoms with Gasteiger partial charge in [-0.15, -0.1) is 0 Å². The second-order valence-corrected chi connectivity index (χ2v) is 5.35. The molecule has 0 saturated heterocycles. The number of aromatic nitrogens is 2. The van der Waals surface area contributed by atoms with Crippen molar-refractivity contribution in [1.82, 2.24) is 9.78 Å². The molecule has 0 unspecified atom stereocenters. The summed E-state index contributed by atoms with van der Waals surface area (Å²) in [7, 11) is 0. The van der Waals surface area contributed by atoms with Crippen LogP contribution in [-0.2, 0) is 0 Å². The van der Waals surface area contributed by atoms with Crippen molar-refractivity contribution >= 4 is 5.78 Å². The molecule has 112 valence electrons. The summed E-state index contributed by atoms with van der Waals surface area (Å²) in [6.07, 6.45) is 0. The zero-order chi connectivity index (χ0) is 16.4. The van der Waals surface area contributed by atoms with Gasteiger partial charge in [0.05, 0.1) is 11.4 Å². The van der Waals surface area contributed by atoms with Gasteiger partial charge in [0.1, 0.15) is 17.3 Å². The molecule has 0 spiro atoms. The number of Topliss-reactive ketones (excluding diaryl/α,β-unsaturated/α-hetero) is 1. The zero-order valence-electron chi connectivity index (χ0n) is 12.9. The SMILES string of the molecule is CC(=O)c1nn(-c2ccc(C)cc2)c(-c2ccccc2)c1C#N. The number of nitriles is 1. The number of hydrogen-bond acceptors (Lipinski definition) is 3. The van der Waals surface area contributed by atoms with Crippen LogP contribution in [0.25, 0.3) is 16.9 Å². The lowest BCUT2D eigenvalue weighted by molar-refractivity contribution is 0.101. The molecule has 0 radical (unpaired) electrons.